The van der Waals surface area contributed by atoms with Crippen LogP contribution in [0, 0.1) is 11.3 Å². The molecule has 1 aromatic carbocycles. The van der Waals surface area contributed by atoms with Gasteiger partial charge in [-0.15, -0.1) is 0 Å². The van der Waals surface area contributed by atoms with E-state index in [1.54, 1.807) is 0 Å². The van der Waals surface area contributed by atoms with Gasteiger partial charge < -0.3 is 5.11 Å². The normalized spacial score (nSPS) is 11.1. The van der Waals surface area contributed by atoms with Gasteiger partial charge in [0.05, 0.1) is 20.1 Å². The van der Waals surface area contributed by atoms with Gasteiger partial charge in [0.1, 0.15) is 11.6 Å². The molecule has 0 aliphatic heterocycles. The van der Waals surface area contributed by atoms with Gasteiger partial charge in [-0.05, 0) is 17.7 Å². The molecular formula is C10H3Cl4NO2. The third-order valence-corrected chi connectivity index (χ3v) is 3.55. The van der Waals surface area contributed by atoms with Gasteiger partial charge in [0, 0.05) is 0 Å². The van der Waals surface area contributed by atoms with Crippen LogP contribution in [0.1, 0.15) is 5.56 Å². The van der Waals surface area contributed by atoms with Crippen LogP contribution in [0.3, 0.4) is 0 Å². The highest BCUT2D eigenvalue weighted by molar-refractivity contribution is 6.52. The van der Waals surface area contributed by atoms with Crippen LogP contribution in [0.25, 0.3) is 6.08 Å². The molecule has 0 aliphatic carbocycles. The van der Waals surface area contributed by atoms with Crippen LogP contribution in [-0.4, -0.2) is 11.1 Å². The van der Waals surface area contributed by atoms with Gasteiger partial charge in [0.15, 0.2) is 0 Å². The number of carboxylic acids is 1. The third kappa shape index (κ3) is 3.05. The summed E-state index contributed by atoms with van der Waals surface area (Å²) in [5.74, 6) is -1.37. The number of benzene rings is 1. The first kappa shape index (κ1) is 14.1. The van der Waals surface area contributed by atoms with Gasteiger partial charge in [0.2, 0.25) is 0 Å². The summed E-state index contributed by atoms with van der Waals surface area (Å²) in [6.45, 7) is 0. The van der Waals surface area contributed by atoms with E-state index in [0.717, 1.165) is 6.08 Å². The van der Waals surface area contributed by atoms with E-state index >= 15 is 0 Å². The number of halogens is 4. The number of nitrogens with zero attached hydrogens (tertiary/aromatic N) is 1. The van der Waals surface area contributed by atoms with Crippen molar-refractivity contribution in [2.75, 3.05) is 0 Å². The number of nitriles is 1. The maximum absolute atomic E-state index is 10.7. The first-order valence-electron chi connectivity index (χ1n) is 4.06. The Morgan fingerprint density at radius 1 is 1.24 bits per heavy atom. The summed E-state index contributed by atoms with van der Waals surface area (Å²) in [6.07, 6.45) is 1.07. The fourth-order valence-electron chi connectivity index (χ4n) is 0.994. The molecule has 0 saturated heterocycles. The van der Waals surface area contributed by atoms with Gasteiger partial charge in [-0.1, -0.05) is 46.4 Å². The number of rotatable bonds is 2. The Morgan fingerprint density at radius 3 is 2.29 bits per heavy atom. The van der Waals surface area contributed by atoms with Crippen molar-refractivity contribution in [1.82, 2.24) is 0 Å². The molecule has 0 radical (unpaired) electrons. The van der Waals surface area contributed by atoms with Gasteiger partial charge in [-0.3, -0.25) is 0 Å². The Balaban J connectivity index is 3.45. The van der Waals surface area contributed by atoms with E-state index in [-0.39, 0.29) is 25.7 Å². The summed E-state index contributed by atoms with van der Waals surface area (Å²) in [7, 11) is 0. The Kier molecular flexibility index (Phi) is 4.67. The maximum atomic E-state index is 10.7. The molecule has 1 aromatic rings. The summed E-state index contributed by atoms with van der Waals surface area (Å²) in [5.41, 5.74) is -0.272. The molecule has 1 N–H and O–H groups in total. The molecule has 88 valence electrons. The number of hydrogen-bond donors (Lipinski definition) is 1. The predicted octanol–water partition coefficient (Wildman–Crippen LogP) is 4.29. The smallest absolute Gasteiger partial charge is 0.346 e. The lowest BCUT2D eigenvalue weighted by atomic mass is 10.1. The van der Waals surface area contributed by atoms with Gasteiger partial charge in [-0.2, -0.15) is 5.26 Å². The Labute approximate surface area is 117 Å². The van der Waals surface area contributed by atoms with Crippen LogP contribution >= 0.6 is 46.4 Å². The number of hydrogen-bond acceptors (Lipinski definition) is 2. The van der Waals surface area contributed by atoms with Crippen LogP contribution in [0.5, 0.6) is 0 Å². The molecule has 1 rings (SSSR count). The highest BCUT2D eigenvalue weighted by Crippen LogP contribution is 2.38. The van der Waals surface area contributed by atoms with Crippen LogP contribution in [0.15, 0.2) is 11.6 Å². The van der Waals surface area contributed by atoms with E-state index in [0.29, 0.717) is 0 Å². The molecule has 0 fully saturated rings. The van der Waals surface area contributed by atoms with Crippen LogP contribution in [0.2, 0.25) is 20.1 Å². The van der Waals surface area contributed by atoms with Crippen molar-refractivity contribution >= 4 is 58.4 Å². The second kappa shape index (κ2) is 5.61. The number of carbonyl (C=O) groups is 1. The SMILES string of the molecule is N#C/C(=C\c1cc(Cl)c(Cl)c(Cl)c1Cl)C(=O)O. The summed E-state index contributed by atoms with van der Waals surface area (Å²) < 4.78 is 0. The minimum Gasteiger partial charge on any atom is -0.477 e. The number of carboxylic acid groups (broad SMARTS) is 1. The molecule has 0 spiro atoms. The molecule has 0 atom stereocenters. The van der Waals surface area contributed by atoms with E-state index in [1.807, 2.05) is 0 Å². The lowest BCUT2D eigenvalue weighted by Gasteiger charge is -2.05. The lowest BCUT2D eigenvalue weighted by molar-refractivity contribution is -0.132. The molecule has 0 heterocycles. The monoisotopic (exact) mass is 309 g/mol. The number of aliphatic carboxylic acids is 1. The second-order valence-electron chi connectivity index (χ2n) is 2.86. The van der Waals surface area contributed by atoms with Gasteiger partial charge in [0.25, 0.3) is 0 Å². The maximum Gasteiger partial charge on any atom is 0.346 e. The van der Waals surface area contributed by atoms with Crippen LogP contribution in [-0.2, 0) is 4.79 Å². The van der Waals surface area contributed by atoms with Crippen molar-refractivity contribution in [3.05, 3.63) is 37.3 Å². The zero-order valence-corrected chi connectivity index (χ0v) is 11.0. The summed E-state index contributed by atoms with van der Waals surface area (Å²) in [5, 5.41) is 17.5. The minimum atomic E-state index is -1.37. The molecule has 17 heavy (non-hydrogen) atoms. The summed E-state index contributed by atoms with van der Waals surface area (Å²) >= 11 is 23.1. The quantitative estimate of drug-likeness (QED) is 0.383. The van der Waals surface area contributed by atoms with Gasteiger partial charge >= 0.3 is 5.97 Å². The molecule has 0 unspecified atom stereocenters. The molecule has 0 aliphatic rings. The average molecular weight is 311 g/mol. The standard InChI is InChI=1S/C10H3Cl4NO2/c11-6-2-4(1-5(3-15)10(16)17)7(12)9(14)8(6)13/h1-2H,(H,16,17)/b5-1+. The Hall–Kier alpha value is -0.920. The molecule has 0 aromatic heterocycles. The highest BCUT2D eigenvalue weighted by atomic mass is 35.5. The van der Waals surface area contributed by atoms with Crippen molar-refractivity contribution in [3.63, 3.8) is 0 Å². The first-order chi connectivity index (χ1) is 7.88. The van der Waals surface area contributed by atoms with E-state index in [2.05, 4.69) is 0 Å². The fourth-order valence-corrected chi connectivity index (χ4v) is 1.87. The van der Waals surface area contributed by atoms with Crippen LogP contribution in [0.4, 0.5) is 0 Å². The molecule has 0 amide bonds. The van der Waals surface area contributed by atoms with Crippen LogP contribution < -0.4 is 0 Å². The molecule has 0 saturated carbocycles. The fraction of sp³-hybridized carbons (Fsp3) is 0. The predicted molar refractivity (Wildman–Crippen MR) is 67.7 cm³/mol. The molecular weight excluding hydrogens is 308 g/mol. The summed E-state index contributed by atoms with van der Waals surface area (Å²) in [6, 6.07) is 2.85. The largest absolute Gasteiger partial charge is 0.477 e. The minimum absolute atomic E-state index is 0.00904. The van der Waals surface area contributed by atoms with Crippen molar-refractivity contribution < 1.29 is 9.90 Å². The zero-order valence-electron chi connectivity index (χ0n) is 7.97. The van der Waals surface area contributed by atoms with Crippen molar-refractivity contribution in [2.24, 2.45) is 0 Å². The van der Waals surface area contributed by atoms with Gasteiger partial charge in [-0.25, -0.2) is 4.79 Å². The third-order valence-electron chi connectivity index (χ3n) is 1.78. The topological polar surface area (TPSA) is 61.1 Å². The molecule has 7 heteroatoms. The van der Waals surface area contributed by atoms with E-state index in [9.17, 15) is 4.79 Å². The van der Waals surface area contributed by atoms with E-state index in [4.69, 9.17) is 56.8 Å². The highest BCUT2D eigenvalue weighted by Gasteiger charge is 2.14. The van der Waals surface area contributed by atoms with Crippen molar-refractivity contribution in [1.29, 1.82) is 5.26 Å². The average Bonchev–Trinajstić information content (AvgIpc) is 2.29. The Morgan fingerprint density at radius 2 is 1.82 bits per heavy atom. The molecule has 3 nitrogen and oxygen atoms in total. The Bertz CT molecular complexity index is 560. The second-order valence-corrected chi connectivity index (χ2v) is 4.41. The summed E-state index contributed by atoms with van der Waals surface area (Å²) in [4.78, 5) is 10.7. The van der Waals surface area contributed by atoms with E-state index in [1.165, 1.54) is 12.1 Å². The van der Waals surface area contributed by atoms with Crippen molar-refractivity contribution in [2.45, 2.75) is 0 Å². The zero-order chi connectivity index (χ0) is 13.2. The van der Waals surface area contributed by atoms with E-state index < -0.39 is 11.5 Å². The lowest BCUT2D eigenvalue weighted by Crippen LogP contribution is -1.97. The first-order valence-corrected chi connectivity index (χ1v) is 5.57. The molecule has 0 bridgehead atoms. The van der Waals surface area contributed by atoms with Crippen molar-refractivity contribution in [3.8, 4) is 6.07 Å².